The Morgan fingerprint density at radius 2 is 2.15 bits per heavy atom. The van der Waals surface area contributed by atoms with Crippen LogP contribution in [-0.2, 0) is 25.9 Å². The fraction of sp³-hybridized carbons (Fsp3) is 0.667. The molecule has 150 valence electrons. The molecule has 2 N–H and O–H groups in total. The number of nitrogens with zero attached hydrogens (tertiary/aromatic N) is 5. The van der Waals surface area contributed by atoms with E-state index in [0.29, 0.717) is 12.5 Å². The van der Waals surface area contributed by atoms with Crippen molar-refractivity contribution < 1.29 is 0 Å². The third kappa shape index (κ3) is 6.80. The molecular weight excluding hydrogens is 378 g/mol. The first-order chi connectivity index (χ1) is 13.1. The van der Waals surface area contributed by atoms with E-state index < -0.39 is 0 Å². The number of guanidine groups is 1. The normalized spacial score (nSPS) is 12.0. The number of hydrogen-bond acceptors (Lipinski definition) is 6. The van der Waals surface area contributed by atoms with Crippen LogP contribution >= 0.6 is 23.1 Å². The molecule has 0 unspecified atom stereocenters. The average molecular weight is 410 g/mol. The van der Waals surface area contributed by atoms with Crippen LogP contribution in [0.5, 0.6) is 0 Å². The molecule has 0 spiro atoms. The first kappa shape index (κ1) is 21.7. The predicted octanol–water partition coefficient (Wildman–Crippen LogP) is 2.97. The lowest BCUT2D eigenvalue weighted by atomic mass is 10.2. The van der Waals surface area contributed by atoms with Crippen LogP contribution in [0.4, 0.5) is 0 Å². The Labute approximate surface area is 170 Å². The molecular formula is C18H31N7S2. The first-order valence-corrected chi connectivity index (χ1v) is 11.5. The smallest absolute Gasteiger partial charge is 0.191 e. The van der Waals surface area contributed by atoms with Gasteiger partial charge in [-0.15, -0.1) is 21.5 Å². The van der Waals surface area contributed by atoms with E-state index in [1.54, 1.807) is 30.1 Å². The van der Waals surface area contributed by atoms with Gasteiger partial charge in [-0.2, -0.15) is 0 Å². The molecule has 7 nitrogen and oxygen atoms in total. The molecule has 0 aliphatic rings. The summed E-state index contributed by atoms with van der Waals surface area (Å²) in [6.45, 7) is 9.08. The number of nitrogens with one attached hydrogen (secondary N) is 2. The molecule has 0 aliphatic carbocycles. The minimum Gasteiger partial charge on any atom is -0.356 e. The number of rotatable bonds is 10. The molecule has 0 amide bonds. The van der Waals surface area contributed by atoms with Crippen molar-refractivity contribution in [2.24, 2.45) is 10.9 Å². The molecule has 0 atom stereocenters. The van der Waals surface area contributed by atoms with E-state index in [2.05, 4.69) is 56.1 Å². The van der Waals surface area contributed by atoms with E-state index in [1.807, 2.05) is 12.5 Å². The first-order valence-electron chi connectivity index (χ1n) is 9.41. The molecule has 0 fully saturated rings. The van der Waals surface area contributed by atoms with Gasteiger partial charge in [-0.1, -0.05) is 32.5 Å². The van der Waals surface area contributed by atoms with E-state index in [-0.39, 0.29) is 0 Å². The summed E-state index contributed by atoms with van der Waals surface area (Å²) in [4.78, 5) is 10.0. The van der Waals surface area contributed by atoms with Crippen LogP contribution in [0.15, 0.2) is 16.3 Å². The highest BCUT2D eigenvalue weighted by molar-refractivity contribution is 7.98. The van der Waals surface area contributed by atoms with Gasteiger partial charge in [0.1, 0.15) is 10.8 Å². The number of thiazole rings is 1. The maximum atomic E-state index is 4.43. The third-order valence-electron chi connectivity index (χ3n) is 3.97. The fourth-order valence-corrected chi connectivity index (χ4v) is 3.95. The monoisotopic (exact) mass is 409 g/mol. The summed E-state index contributed by atoms with van der Waals surface area (Å²) >= 11 is 3.40. The van der Waals surface area contributed by atoms with Gasteiger partial charge >= 0.3 is 0 Å². The Balaban J connectivity index is 1.77. The van der Waals surface area contributed by atoms with Crippen LogP contribution in [0.3, 0.4) is 0 Å². The Bertz CT molecular complexity index is 721. The van der Waals surface area contributed by atoms with E-state index >= 15 is 0 Å². The molecule has 9 heteroatoms. The summed E-state index contributed by atoms with van der Waals surface area (Å²) in [7, 11) is 1.79. The topological polar surface area (TPSA) is 80.0 Å². The van der Waals surface area contributed by atoms with Crippen molar-refractivity contribution in [3.05, 3.63) is 21.9 Å². The number of thioether (sulfide) groups is 1. The molecule has 2 aromatic heterocycles. The number of aliphatic imine (C=N–C) groups is 1. The minimum absolute atomic E-state index is 0.575. The molecule has 0 saturated heterocycles. The molecule has 0 aromatic carbocycles. The zero-order valence-corrected chi connectivity index (χ0v) is 18.6. The lowest BCUT2D eigenvalue weighted by molar-refractivity contribution is 0.477. The van der Waals surface area contributed by atoms with Gasteiger partial charge in [0, 0.05) is 37.6 Å². The fourth-order valence-electron chi connectivity index (χ4n) is 2.63. The van der Waals surface area contributed by atoms with Crippen molar-refractivity contribution in [2.45, 2.75) is 58.3 Å². The van der Waals surface area contributed by atoms with Gasteiger partial charge in [0.05, 0.1) is 6.54 Å². The maximum absolute atomic E-state index is 4.43. The van der Waals surface area contributed by atoms with Crippen molar-refractivity contribution in [3.63, 3.8) is 0 Å². The lowest BCUT2D eigenvalue weighted by Crippen LogP contribution is -2.37. The van der Waals surface area contributed by atoms with Gasteiger partial charge in [-0.25, -0.2) is 4.98 Å². The SMILES string of the molecule is CCc1cnc(CNC(=NC)NCCCc2nnc(SC)n2CC(C)C)s1. The second-order valence-electron chi connectivity index (χ2n) is 6.64. The van der Waals surface area contributed by atoms with Gasteiger partial charge in [0.25, 0.3) is 0 Å². The van der Waals surface area contributed by atoms with E-state index in [9.17, 15) is 0 Å². The van der Waals surface area contributed by atoms with Gasteiger partial charge in [0.15, 0.2) is 11.1 Å². The van der Waals surface area contributed by atoms with Gasteiger partial charge in [-0.05, 0) is 25.0 Å². The third-order valence-corrected chi connectivity index (χ3v) is 5.78. The largest absolute Gasteiger partial charge is 0.356 e. The van der Waals surface area contributed by atoms with Crippen molar-refractivity contribution in [2.75, 3.05) is 19.8 Å². The molecule has 2 heterocycles. The summed E-state index contributed by atoms with van der Waals surface area (Å²) in [5.74, 6) is 2.44. The Morgan fingerprint density at radius 3 is 2.78 bits per heavy atom. The Kier molecular flexibility index (Phi) is 9.06. The van der Waals surface area contributed by atoms with Crippen molar-refractivity contribution in [1.29, 1.82) is 0 Å². The van der Waals surface area contributed by atoms with Gasteiger partial charge in [-0.3, -0.25) is 4.99 Å². The summed E-state index contributed by atoms with van der Waals surface area (Å²) < 4.78 is 2.25. The minimum atomic E-state index is 0.575. The van der Waals surface area contributed by atoms with Gasteiger partial charge < -0.3 is 15.2 Å². The van der Waals surface area contributed by atoms with Crippen LogP contribution in [0.2, 0.25) is 0 Å². The number of aryl methyl sites for hydroxylation is 2. The lowest BCUT2D eigenvalue weighted by Gasteiger charge is -2.13. The summed E-state index contributed by atoms with van der Waals surface area (Å²) in [6.07, 6.45) is 6.91. The van der Waals surface area contributed by atoms with Gasteiger partial charge in [0.2, 0.25) is 0 Å². The van der Waals surface area contributed by atoms with E-state index in [4.69, 9.17) is 0 Å². The van der Waals surface area contributed by atoms with E-state index in [1.165, 1.54) is 4.88 Å². The van der Waals surface area contributed by atoms with Crippen LogP contribution in [0.1, 0.15) is 42.9 Å². The summed E-state index contributed by atoms with van der Waals surface area (Å²) in [5, 5.41) is 17.4. The number of hydrogen-bond donors (Lipinski definition) is 2. The summed E-state index contributed by atoms with van der Waals surface area (Å²) in [6, 6.07) is 0. The van der Waals surface area contributed by atoms with Crippen molar-refractivity contribution in [1.82, 2.24) is 30.4 Å². The molecule has 0 bridgehead atoms. The van der Waals surface area contributed by atoms with Crippen molar-refractivity contribution >= 4 is 29.1 Å². The predicted molar refractivity (Wildman–Crippen MR) is 115 cm³/mol. The quantitative estimate of drug-likeness (QED) is 0.272. The molecule has 2 aromatic rings. The second-order valence-corrected chi connectivity index (χ2v) is 8.61. The highest BCUT2D eigenvalue weighted by Gasteiger charge is 2.12. The molecule has 2 rings (SSSR count). The number of aromatic nitrogens is 4. The molecule has 0 aliphatic heterocycles. The zero-order chi connectivity index (χ0) is 19.6. The van der Waals surface area contributed by atoms with E-state index in [0.717, 1.165) is 54.3 Å². The average Bonchev–Trinajstić information content (AvgIpc) is 3.27. The Morgan fingerprint density at radius 1 is 1.33 bits per heavy atom. The van der Waals surface area contributed by atoms with Crippen LogP contribution in [0, 0.1) is 5.92 Å². The standard InChI is InChI=1S/C18H31N7S2/c1-6-14-10-21-16(27-14)11-22-17(19-4)20-9-7-8-15-23-24-18(26-5)25(15)12-13(2)3/h10,13H,6-9,11-12H2,1-5H3,(H2,19,20,22). The van der Waals surface area contributed by atoms with Crippen LogP contribution in [0.25, 0.3) is 0 Å². The Hall–Kier alpha value is -1.61. The molecule has 0 radical (unpaired) electrons. The second kappa shape index (κ2) is 11.3. The summed E-state index contributed by atoms with van der Waals surface area (Å²) in [5.41, 5.74) is 0. The highest BCUT2D eigenvalue weighted by Crippen LogP contribution is 2.16. The molecule has 27 heavy (non-hydrogen) atoms. The molecule has 0 saturated carbocycles. The van der Waals surface area contributed by atoms with Crippen LogP contribution < -0.4 is 10.6 Å². The highest BCUT2D eigenvalue weighted by atomic mass is 32.2. The van der Waals surface area contributed by atoms with Crippen LogP contribution in [-0.4, -0.2) is 45.6 Å². The zero-order valence-electron chi connectivity index (χ0n) is 16.9. The van der Waals surface area contributed by atoms with Crippen molar-refractivity contribution in [3.8, 4) is 0 Å². The maximum Gasteiger partial charge on any atom is 0.191 e.